The third-order valence-electron chi connectivity index (χ3n) is 4.85. The Hall–Kier alpha value is -3.86. The van der Waals surface area contributed by atoms with Gasteiger partial charge < -0.3 is 15.4 Å². The second kappa shape index (κ2) is 7.04. The second-order valence-electron chi connectivity index (χ2n) is 6.71. The number of aromatic carboxylic acids is 1. The second-order valence-corrected chi connectivity index (χ2v) is 6.71. The molecular weight excluding hydrogens is 350 g/mol. The molecule has 0 atom stereocenters. The van der Waals surface area contributed by atoms with E-state index in [1.54, 1.807) is 12.1 Å². The van der Waals surface area contributed by atoms with Gasteiger partial charge in [-0.15, -0.1) is 0 Å². The Labute approximate surface area is 162 Å². The fourth-order valence-electron chi connectivity index (χ4n) is 3.31. The SMILES string of the molecule is N=C(N)c1ccc2c(ccn2Cc2ccc(-c3ccc(C(=O)O)cc3)cc2)c1. The van der Waals surface area contributed by atoms with E-state index < -0.39 is 5.97 Å². The molecule has 138 valence electrons. The van der Waals surface area contributed by atoms with Gasteiger partial charge in [-0.05, 0) is 53.1 Å². The summed E-state index contributed by atoms with van der Waals surface area (Å²) < 4.78 is 2.16. The predicted molar refractivity (Wildman–Crippen MR) is 111 cm³/mol. The van der Waals surface area contributed by atoms with Crippen molar-refractivity contribution < 1.29 is 9.90 Å². The molecule has 0 unspecified atom stereocenters. The van der Waals surface area contributed by atoms with Crippen molar-refractivity contribution >= 4 is 22.7 Å². The van der Waals surface area contributed by atoms with Crippen LogP contribution in [0.1, 0.15) is 21.5 Å². The number of nitrogen functional groups attached to an aromatic ring is 1. The number of aromatic nitrogens is 1. The Balaban J connectivity index is 1.55. The van der Waals surface area contributed by atoms with Crippen LogP contribution in [-0.2, 0) is 6.54 Å². The quantitative estimate of drug-likeness (QED) is 0.361. The van der Waals surface area contributed by atoms with Crippen LogP contribution in [0.25, 0.3) is 22.0 Å². The van der Waals surface area contributed by atoms with Gasteiger partial charge in [0.25, 0.3) is 0 Å². The molecule has 4 rings (SSSR count). The lowest BCUT2D eigenvalue weighted by Gasteiger charge is -2.08. The van der Waals surface area contributed by atoms with Crippen LogP contribution in [-0.4, -0.2) is 21.5 Å². The van der Waals surface area contributed by atoms with E-state index in [1.807, 2.05) is 54.7 Å². The number of fused-ring (bicyclic) bond motifs is 1. The summed E-state index contributed by atoms with van der Waals surface area (Å²) in [6.07, 6.45) is 2.03. The van der Waals surface area contributed by atoms with Gasteiger partial charge in [-0.25, -0.2) is 4.79 Å². The molecule has 1 heterocycles. The highest BCUT2D eigenvalue weighted by atomic mass is 16.4. The fraction of sp³-hybridized carbons (Fsp3) is 0.0435. The molecule has 0 aliphatic rings. The third kappa shape index (κ3) is 3.38. The Bertz CT molecular complexity index is 1170. The molecule has 28 heavy (non-hydrogen) atoms. The van der Waals surface area contributed by atoms with Gasteiger partial charge in [0.05, 0.1) is 5.56 Å². The number of nitrogens with two attached hydrogens (primary N) is 1. The first-order valence-electron chi connectivity index (χ1n) is 8.87. The summed E-state index contributed by atoms with van der Waals surface area (Å²) in [6.45, 7) is 0.737. The molecule has 5 nitrogen and oxygen atoms in total. The van der Waals surface area contributed by atoms with Crippen LogP contribution in [0.4, 0.5) is 0 Å². The highest BCUT2D eigenvalue weighted by molar-refractivity contribution is 5.98. The Kier molecular flexibility index (Phi) is 4.41. The summed E-state index contributed by atoms with van der Waals surface area (Å²) in [4.78, 5) is 11.0. The van der Waals surface area contributed by atoms with Gasteiger partial charge in [-0.2, -0.15) is 0 Å². The van der Waals surface area contributed by atoms with Crippen LogP contribution in [0.5, 0.6) is 0 Å². The molecule has 0 spiro atoms. The van der Waals surface area contributed by atoms with Crippen molar-refractivity contribution in [3.8, 4) is 11.1 Å². The van der Waals surface area contributed by atoms with E-state index in [0.29, 0.717) is 0 Å². The number of hydrogen-bond acceptors (Lipinski definition) is 2. The van der Waals surface area contributed by atoms with Crippen molar-refractivity contribution in [1.82, 2.24) is 4.57 Å². The zero-order valence-electron chi connectivity index (χ0n) is 15.1. The molecule has 4 aromatic rings. The van der Waals surface area contributed by atoms with E-state index in [4.69, 9.17) is 16.2 Å². The number of rotatable bonds is 5. The Morgan fingerprint density at radius 2 is 1.50 bits per heavy atom. The molecule has 4 N–H and O–H groups in total. The molecule has 3 aromatic carbocycles. The summed E-state index contributed by atoms with van der Waals surface area (Å²) in [7, 11) is 0. The minimum atomic E-state index is -0.920. The molecule has 0 aliphatic carbocycles. The lowest BCUT2D eigenvalue weighted by molar-refractivity contribution is 0.0697. The average molecular weight is 369 g/mol. The van der Waals surface area contributed by atoms with Crippen LogP contribution in [0.2, 0.25) is 0 Å². The number of carboxylic acids is 1. The van der Waals surface area contributed by atoms with Gasteiger partial charge in [-0.3, -0.25) is 5.41 Å². The number of nitrogens with one attached hydrogen (secondary N) is 1. The number of amidine groups is 1. The van der Waals surface area contributed by atoms with Crippen molar-refractivity contribution in [3.05, 3.63) is 95.7 Å². The van der Waals surface area contributed by atoms with Crippen LogP contribution in [0, 0.1) is 5.41 Å². The molecule has 0 amide bonds. The first-order valence-corrected chi connectivity index (χ1v) is 8.87. The third-order valence-corrected chi connectivity index (χ3v) is 4.85. The summed E-state index contributed by atoms with van der Waals surface area (Å²) in [5, 5.41) is 17.6. The van der Waals surface area contributed by atoms with Gasteiger partial charge >= 0.3 is 5.97 Å². The van der Waals surface area contributed by atoms with Crippen molar-refractivity contribution in [2.75, 3.05) is 0 Å². The molecule has 0 saturated carbocycles. The van der Waals surface area contributed by atoms with Crippen molar-refractivity contribution in [2.45, 2.75) is 6.54 Å². The summed E-state index contributed by atoms with van der Waals surface area (Å²) in [5.74, 6) is -0.849. The number of benzene rings is 3. The number of nitrogens with zero attached hydrogens (tertiary/aromatic N) is 1. The molecule has 5 heteroatoms. The molecule has 0 fully saturated rings. The molecule has 1 aromatic heterocycles. The van der Waals surface area contributed by atoms with E-state index in [1.165, 1.54) is 5.56 Å². The standard InChI is InChI=1S/C23H19N3O2/c24-22(25)20-9-10-21-19(13-20)11-12-26(21)14-15-1-3-16(4-2-15)17-5-7-18(8-6-17)23(27)28/h1-13H,14H2,(H3,24,25)(H,27,28). The highest BCUT2D eigenvalue weighted by Gasteiger charge is 2.06. The fourth-order valence-corrected chi connectivity index (χ4v) is 3.31. The van der Waals surface area contributed by atoms with E-state index >= 15 is 0 Å². The Morgan fingerprint density at radius 1 is 0.893 bits per heavy atom. The zero-order valence-corrected chi connectivity index (χ0v) is 15.1. The lowest BCUT2D eigenvalue weighted by atomic mass is 10.0. The van der Waals surface area contributed by atoms with Gasteiger partial charge in [0.1, 0.15) is 5.84 Å². The van der Waals surface area contributed by atoms with Gasteiger partial charge in [0, 0.05) is 29.2 Å². The van der Waals surface area contributed by atoms with E-state index in [9.17, 15) is 4.79 Å². The van der Waals surface area contributed by atoms with E-state index in [-0.39, 0.29) is 11.4 Å². The van der Waals surface area contributed by atoms with Crippen molar-refractivity contribution in [1.29, 1.82) is 5.41 Å². The normalized spacial score (nSPS) is 10.9. The van der Waals surface area contributed by atoms with Crippen molar-refractivity contribution in [2.24, 2.45) is 5.73 Å². The van der Waals surface area contributed by atoms with Crippen LogP contribution in [0.3, 0.4) is 0 Å². The first-order chi connectivity index (χ1) is 13.5. The minimum absolute atomic E-state index is 0.0710. The average Bonchev–Trinajstić information content (AvgIpc) is 3.10. The molecule has 0 bridgehead atoms. The largest absolute Gasteiger partial charge is 0.478 e. The number of carbonyl (C=O) groups is 1. The smallest absolute Gasteiger partial charge is 0.335 e. The van der Waals surface area contributed by atoms with Crippen molar-refractivity contribution in [3.63, 3.8) is 0 Å². The Morgan fingerprint density at radius 3 is 2.11 bits per heavy atom. The van der Waals surface area contributed by atoms with Gasteiger partial charge in [0.15, 0.2) is 0 Å². The summed E-state index contributed by atoms with van der Waals surface area (Å²) in [6, 6.07) is 22.9. The van der Waals surface area contributed by atoms with Gasteiger partial charge in [-0.1, -0.05) is 36.4 Å². The summed E-state index contributed by atoms with van der Waals surface area (Å²) >= 11 is 0. The van der Waals surface area contributed by atoms with Crippen LogP contribution >= 0.6 is 0 Å². The minimum Gasteiger partial charge on any atom is -0.478 e. The topological polar surface area (TPSA) is 92.1 Å². The molecule has 0 radical (unpaired) electrons. The molecule has 0 aliphatic heterocycles. The maximum Gasteiger partial charge on any atom is 0.335 e. The number of hydrogen-bond donors (Lipinski definition) is 3. The maximum absolute atomic E-state index is 11.0. The number of carboxylic acid groups (broad SMARTS) is 1. The maximum atomic E-state index is 11.0. The monoisotopic (exact) mass is 369 g/mol. The van der Waals surface area contributed by atoms with Crippen LogP contribution < -0.4 is 5.73 Å². The lowest BCUT2D eigenvalue weighted by Crippen LogP contribution is -2.10. The zero-order chi connectivity index (χ0) is 19.7. The molecule has 0 saturated heterocycles. The summed E-state index contributed by atoms with van der Waals surface area (Å²) in [5.41, 5.74) is 10.9. The predicted octanol–water partition coefficient (Wildman–Crippen LogP) is 4.34. The highest BCUT2D eigenvalue weighted by Crippen LogP contribution is 2.22. The van der Waals surface area contributed by atoms with Crippen LogP contribution in [0.15, 0.2) is 79.0 Å². The van der Waals surface area contributed by atoms with E-state index in [2.05, 4.69) is 16.7 Å². The van der Waals surface area contributed by atoms with Gasteiger partial charge in [0.2, 0.25) is 0 Å². The van der Waals surface area contributed by atoms with E-state index in [0.717, 1.165) is 34.1 Å². The molecular formula is C23H19N3O2. The first kappa shape index (κ1) is 17.5.